The summed E-state index contributed by atoms with van der Waals surface area (Å²) in [5.74, 6) is -1.02. The first-order valence-electron chi connectivity index (χ1n) is 5.81. The Morgan fingerprint density at radius 1 is 1.41 bits per heavy atom. The molecule has 17 heavy (non-hydrogen) atoms. The number of hydrogen-bond acceptors (Lipinski definition) is 3. The van der Waals surface area contributed by atoms with Crippen LogP contribution in [0.4, 0.5) is 4.79 Å². The third kappa shape index (κ3) is 6.78. The molecule has 1 atom stereocenters. The van der Waals surface area contributed by atoms with Crippen molar-refractivity contribution in [2.45, 2.75) is 32.7 Å². The Morgan fingerprint density at radius 3 is 2.59 bits per heavy atom. The van der Waals surface area contributed by atoms with Gasteiger partial charge in [-0.1, -0.05) is 6.92 Å². The van der Waals surface area contributed by atoms with Crippen LogP contribution in [0.15, 0.2) is 0 Å². The molecule has 0 aliphatic heterocycles. The van der Waals surface area contributed by atoms with Gasteiger partial charge in [0, 0.05) is 26.8 Å². The zero-order chi connectivity index (χ0) is 13.3. The van der Waals surface area contributed by atoms with Crippen molar-refractivity contribution in [3.05, 3.63) is 0 Å². The number of amides is 2. The van der Waals surface area contributed by atoms with Gasteiger partial charge in [0.15, 0.2) is 0 Å². The number of nitrogens with one attached hydrogen (secondary N) is 1. The number of aliphatic carboxylic acids is 1. The summed E-state index contributed by atoms with van der Waals surface area (Å²) in [7, 11) is 1.46. The van der Waals surface area contributed by atoms with Crippen molar-refractivity contribution < 1.29 is 19.4 Å². The Morgan fingerprint density at radius 2 is 2.06 bits per heavy atom. The van der Waals surface area contributed by atoms with E-state index in [2.05, 4.69) is 5.32 Å². The van der Waals surface area contributed by atoms with Gasteiger partial charge >= 0.3 is 12.0 Å². The van der Waals surface area contributed by atoms with Crippen molar-refractivity contribution in [3.8, 4) is 0 Å². The smallest absolute Gasteiger partial charge is 0.326 e. The first-order valence-corrected chi connectivity index (χ1v) is 5.81. The minimum atomic E-state index is -1.02. The van der Waals surface area contributed by atoms with Gasteiger partial charge in [0.2, 0.25) is 0 Å². The van der Waals surface area contributed by atoms with Crippen molar-refractivity contribution in [2.24, 2.45) is 0 Å². The van der Waals surface area contributed by atoms with Gasteiger partial charge in [0.1, 0.15) is 6.04 Å². The van der Waals surface area contributed by atoms with E-state index in [1.54, 1.807) is 0 Å². The Kier molecular flexibility index (Phi) is 8.13. The normalized spacial score (nSPS) is 11.9. The summed E-state index contributed by atoms with van der Waals surface area (Å²) in [4.78, 5) is 23.3. The lowest BCUT2D eigenvalue weighted by atomic mass is 10.3. The molecule has 1 unspecified atom stereocenters. The summed E-state index contributed by atoms with van der Waals surface area (Å²) in [6, 6.07) is -1.21. The first-order chi connectivity index (χ1) is 8.00. The van der Waals surface area contributed by atoms with Crippen LogP contribution in [-0.4, -0.2) is 54.9 Å². The second-order valence-electron chi connectivity index (χ2n) is 3.82. The summed E-state index contributed by atoms with van der Waals surface area (Å²) < 4.78 is 5.25. The Bertz CT molecular complexity index is 246. The zero-order valence-electron chi connectivity index (χ0n) is 10.7. The van der Waals surface area contributed by atoms with E-state index in [0.29, 0.717) is 13.2 Å². The summed E-state index contributed by atoms with van der Waals surface area (Å²) in [5, 5.41) is 11.4. The lowest BCUT2D eigenvalue weighted by Crippen LogP contribution is -2.46. The highest BCUT2D eigenvalue weighted by molar-refractivity contribution is 5.82. The molecule has 2 amide bonds. The number of nitrogens with zero attached hydrogens (tertiary/aromatic N) is 1. The van der Waals surface area contributed by atoms with Crippen LogP contribution in [0.25, 0.3) is 0 Å². The molecule has 0 radical (unpaired) electrons. The summed E-state index contributed by atoms with van der Waals surface area (Å²) in [5.41, 5.74) is 0. The summed E-state index contributed by atoms with van der Waals surface area (Å²) >= 11 is 0. The molecule has 0 spiro atoms. The predicted octanol–water partition coefficient (Wildman–Crippen LogP) is 0.918. The van der Waals surface area contributed by atoms with E-state index in [1.807, 2.05) is 6.92 Å². The number of likely N-dealkylation sites (N-methyl/N-ethyl adjacent to an activating group) is 1. The van der Waals surface area contributed by atoms with E-state index < -0.39 is 12.0 Å². The molecule has 6 nitrogen and oxygen atoms in total. The quantitative estimate of drug-likeness (QED) is 0.624. The third-order valence-electron chi connectivity index (χ3n) is 2.35. The van der Waals surface area contributed by atoms with Crippen LogP contribution >= 0.6 is 0 Å². The number of carbonyl (C=O) groups excluding carboxylic acids is 1. The second kappa shape index (κ2) is 8.81. The van der Waals surface area contributed by atoms with Crippen molar-refractivity contribution in [1.82, 2.24) is 10.2 Å². The number of carboxylic acids is 1. The van der Waals surface area contributed by atoms with Gasteiger partial charge in [-0.2, -0.15) is 0 Å². The average Bonchev–Trinajstić information content (AvgIpc) is 2.31. The molecule has 0 rings (SSSR count). The molecule has 0 aromatic rings. The Labute approximate surface area is 102 Å². The monoisotopic (exact) mass is 246 g/mol. The Balaban J connectivity index is 3.68. The predicted molar refractivity (Wildman–Crippen MR) is 64.0 cm³/mol. The lowest BCUT2D eigenvalue weighted by Gasteiger charge is -2.21. The lowest BCUT2D eigenvalue weighted by molar-refractivity contribution is -0.141. The van der Waals surface area contributed by atoms with Gasteiger partial charge < -0.3 is 20.1 Å². The summed E-state index contributed by atoms with van der Waals surface area (Å²) in [6.07, 6.45) is 1.70. The third-order valence-corrected chi connectivity index (χ3v) is 2.35. The van der Waals surface area contributed by atoms with Crippen molar-refractivity contribution in [2.75, 3.05) is 26.8 Å². The van der Waals surface area contributed by atoms with Crippen LogP contribution in [0.3, 0.4) is 0 Å². The number of carbonyl (C=O) groups is 2. The molecule has 0 saturated heterocycles. The highest BCUT2D eigenvalue weighted by atomic mass is 16.5. The second-order valence-corrected chi connectivity index (χ2v) is 3.82. The highest BCUT2D eigenvalue weighted by Crippen LogP contribution is 1.96. The van der Waals surface area contributed by atoms with Gasteiger partial charge in [-0.3, -0.25) is 0 Å². The maximum absolute atomic E-state index is 11.5. The molecule has 2 N–H and O–H groups in total. The maximum atomic E-state index is 11.5. The zero-order valence-corrected chi connectivity index (χ0v) is 10.7. The summed E-state index contributed by atoms with van der Waals surface area (Å²) in [6.45, 7) is 5.31. The van der Waals surface area contributed by atoms with Gasteiger partial charge in [-0.25, -0.2) is 9.59 Å². The fourth-order valence-electron chi connectivity index (χ4n) is 1.08. The average molecular weight is 246 g/mol. The SMILES string of the molecule is CCCOCCCNC(=O)N(C)C(C)C(=O)O. The van der Waals surface area contributed by atoms with Crippen LogP contribution in [0, 0.1) is 0 Å². The first kappa shape index (κ1) is 15.7. The van der Waals surface area contributed by atoms with E-state index in [-0.39, 0.29) is 6.03 Å². The molecule has 6 heteroatoms. The van der Waals surface area contributed by atoms with E-state index in [4.69, 9.17) is 9.84 Å². The molecular formula is C11H22N2O4. The number of hydrogen-bond donors (Lipinski definition) is 2. The number of carboxylic acid groups (broad SMARTS) is 1. The van der Waals surface area contributed by atoms with E-state index in [1.165, 1.54) is 14.0 Å². The van der Waals surface area contributed by atoms with Crippen LogP contribution in [0.2, 0.25) is 0 Å². The largest absolute Gasteiger partial charge is 0.480 e. The van der Waals surface area contributed by atoms with E-state index >= 15 is 0 Å². The molecule has 0 heterocycles. The van der Waals surface area contributed by atoms with Crippen molar-refractivity contribution in [3.63, 3.8) is 0 Å². The number of rotatable bonds is 8. The van der Waals surface area contributed by atoms with Crippen molar-refractivity contribution >= 4 is 12.0 Å². The molecule has 0 aliphatic rings. The molecular weight excluding hydrogens is 224 g/mol. The van der Waals surface area contributed by atoms with Crippen molar-refractivity contribution in [1.29, 1.82) is 0 Å². The molecule has 0 saturated carbocycles. The Hall–Kier alpha value is -1.30. The fourth-order valence-corrected chi connectivity index (χ4v) is 1.08. The minimum absolute atomic E-state index is 0.379. The molecule has 100 valence electrons. The number of urea groups is 1. The van der Waals surface area contributed by atoms with Gasteiger partial charge in [0.05, 0.1) is 0 Å². The molecule has 0 bridgehead atoms. The molecule has 0 fully saturated rings. The molecule has 0 aliphatic carbocycles. The fraction of sp³-hybridized carbons (Fsp3) is 0.818. The van der Waals surface area contributed by atoms with Gasteiger partial charge in [-0.15, -0.1) is 0 Å². The van der Waals surface area contributed by atoms with E-state index in [9.17, 15) is 9.59 Å². The van der Waals surface area contributed by atoms with E-state index in [0.717, 1.165) is 24.3 Å². The van der Waals surface area contributed by atoms with Crippen LogP contribution < -0.4 is 5.32 Å². The van der Waals surface area contributed by atoms with Gasteiger partial charge in [-0.05, 0) is 19.8 Å². The van der Waals surface area contributed by atoms with Crippen LogP contribution in [0.1, 0.15) is 26.7 Å². The highest BCUT2D eigenvalue weighted by Gasteiger charge is 2.20. The molecule has 0 aromatic heterocycles. The van der Waals surface area contributed by atoms with Gasteiger partial charge in [0.25, 0.3) is 0 Å². The topological polar surface area (TPSA) is 78.9 Å². The standard InChI is InChI=1S/C11H22N2O4/c1-4-7-17-8-5-6-12-11(16)13(3)9(2)10(14)15/h9H,4-8H2,1-3H3,(H,12,16)(H,14,15). The molecule has 0 aromatic carbocycles. The van der Waals surface area contributed by atoms with Crippen LogP contribution in [0.5, 0.6) is 0 Å². The number of ether oxygens (including phenoxy) is 1. The maximum Gasteiger partial charge on any atom is 0.326 e. The minimum Gasteiger partial charge on any atom is -0.480 e. The van der Waals surface area contributed by atoms with Crippen LogP contribution in [-0.2, 0) is 9.53 Å².